The molecule has 1 aromatic rings. The zero-order valence-electron chi connectivity index (χ0n) is 12.0. The summed E-state index contributed by atoms with van der Waals surface area (Å²) < 4.78 is 11.3. The monoisotopic (exact) mass is 278 g/mol. The summed E-state index contributed by atoms with van der Waals surface area (Å²) in [5, 5.41) is 3.44. The Bertz CT molecular complexity index is 476. The summed E-state index contributed by atoms with van der Waals surface area (Å²) in [6.07, 6.45) is 1.04. The first-order chi connectivity index (χ1) is 9.65. The minimum Gasteiger partial charge on any atom is -0.491 e. The van der Waals surface area contributed by atoms with Gasteiger partial charge in [-0.15, -0.1) is 0 Å². The Balaban J connectivity index is 2.07. The zero-order chi connectivity index (χ0) is 14.5. The maximum Gasteiger partial charge on any atom is 0.258 e. The van der Waals surface area contributed by atoms with Crippen molar-refractivity contribution in [3.8, 4) is 11.5 Å². The van der Waals surface area contributed by atoms with Crippen LogP contribution < -0.4 is 20.5 Å². The van der Waals surface area contributed by atoms with Crippen molar-refractivity contribution in [1.29, 1.82) is 0 Å². The van der Waals surface area contributed by atoms with Crippen LogP contribution in [0.3, 0.4) is 0 Å². The van der Waals surface area contributed by atoms with Gasteiger partial charge in [0.05, 0.1) is 6.04 Å². The average Bonchev–Trinajstić information content (AvgIpc) is 2.84. The van der Waals surface area contributed by atoms with Gasteiger partial charge in [-0.2, -0.15) is 0 Å². The van der Waals surface area contributed by atoms with Gasteiger partial charge in [-0.05, 0) is 31.5 Å². The summed E-state index contributed by atoms with van der Waals surface area (Å²) >= 11 is 0. The number of amides is 1. The van der Waals surface area contributed by atoms with E-state index in [4.69, 9.17) is 15.2 Å². The number of fused-ring (bicyclic) bond motifs is 1. The smallest absolute Gasteiger partial charge is 0.258 e. The summed E-state index contributed by atoms with van der Waals surface area (Å²) in [5.41, 5.74) is 6.42. The van der Waals surface area contributed by atoms with Gasteiger partial charge in [0, 0.05) is 11.6 Å². The Morgan fingerprint density at radius 2 is 2.35 bits per heavy atom. The minimum atomic E-state index is -0.594. The van der Waals surface area contributed by atoms with E-state index in [-0.39, 0.29) is 6.04 Å². The number of carbonyl (C=O) groups is 1. The van der Waals surface area contributed by atoms with Gasteiger partial charge in [-0.3, -0.25) is 4.79 Å². The quantitative estimate of drug-likeness (QED) is 0.797. The predicted octanol–water partition coefficient (Wildman–Crippen LogP) is 1.76. The Morgan fingerprint density at radius 3 is 3.00 bits per heavy atom. The second-order valence-corrected chi connectivity index (χ2v) is 4.93. The maximum absolute atomic E-state index is 11.2. The summed E-state index contributed by atoms with van der Waals surface area (Å²) in [5.74, 6) is 0.984. The van der Waals surface area contributed by atoms with Crippen molar-refractivity contribution in [2.75, 3.05) is 13.2 Å². The molecule has 0 radical (unpaired) electrons. The molecule has 0 spiro atoms. The second kappa shape index (κ2) is 6.61. The third-order valence-electron chi connectivity index (χ3n) is 3.37. The normalized spacial score (nSPS) is 18.2. The van der Waals surface area contributed by atoms with Gasteiger partial charge in [0.1, 0.15) is 18.1 Å². The van der Waals surface area contributed by atoms with E-state index >= 15 is 0 Å². The number of benzene rings is 1. The molecule has 1 heterocycles. The lowest BCUT2D eigenvalue weighted by atomic mass is 10.1. The molecule has 3 N–H and O–H groups in total. The molecule has 0 bridgehead atoms. The van der Waals surface area contributed by atoms with E-state index in [1.165, 1.54) is 0 Å². The van der Waals surface area contributed by atoms with Crippen molar-refractivity contribution in [3.05, 3.63) is 23.8 Å². The highest BCUT2D eigenvalue weighted by Crippen LogP contribution is 2.35. The largest absolute Gasteiger partial charge is 0.491 e. The Kier molecular flexibility index (Phi) is 4.84. The zero-order valence-corrected chi connectivity index (χ0v) is 12.0. The van der Waals surface area contributed by atoms with Crippen LogP contribution in [0, 0.1) is 0 Å². The molecular weight excluding hydrogens is 256 g/mol. The average molecular weight is 278 g/mol. The molecule has 20 heavy (non-hydrogen) atoms. The number of hydrogen-bond acceptors (Lipinski definition) is 4. The minimum absolute atomic E-state index is 0.233. The van der Waals surface area contributed by atoms with Gasteiger partial charge >= 0.3 is 0 Å². The molecule has 5 nitrogen and oxygen atoms in total. The molecule has 2 atom stereocenters. The van der Waals surface area contributed by atoms with Gasteiger partial charge in [-0.25, -0.2) is 0 Å². The van der Waals surface area contributed by atoms with E-state index in [2.05, 4.69) is 12.2 Å². The van der Waals surface area contributed by atoms with Crippen molar-refractivity contribution < 1.29 is 14.3 Å². The fourth-order valence-corrected chi connectivity index (χ4v) is 2.26. The molecule has 1 amide bonds. The highest BCUT2D eigenvalue weighted by molar-refractivity contribution is 5.79. The van der Waals surface area contributed by atoms with Crippen LogP contribution in [0.15, 0.2) is 18.2 Å². The lowest BCUT2D eigenvalue weighted by molar-refractivity contribution is -0.124. The maximum atomic E-state index is 11.2. The van der Waals surface area contributed by atoms with E-state index in [1.807, 2.05) is 25.1 Å². The molecule has 5 heteroatoms. The van der Waals surface area contributed by atoms with Crippen molar-refractivity contribution in [1.82, 2.24) is 5.32 Å². The van der Waals surface area contributed by atoms with Crippen LogP contribution in [0.5, 0.6) is 11.5 Å². The van der Waals surface area contributed by atoms with Crippen LogP contribution in [-0.2, 0) is 4.79 Å². The molecule has 1 aliphatic heterocycles. The van der Waals surface area contributed by atoms with Crippen molar-refractivity contribution in [3.63, 3.8) is 0 Å². The van der Waals surface area contributed by atoms with Gasteiger partial charge < -0.3 is 20.5 Å². The van der Waals surface area contributed by atoms with Gasteiger partial charge in [-0.1, -0.05) is 13.8 Å². The topological polar surface area (TPSA) is 73.6 Å². The predicted molar refractivity (Wildman–Crippen MR) is 76.9 cm³/mol. The highest BCUT2D eigenvalue weighted by atomic mass is 16.5. The van der Waals surface area contributed by atoms with E-state index in [9.17, 15) is 4.79 Å². The summed E-state index contributed by atoms with van der Waals surface area (Å²) in [4.78, 5) is 11.2. The molecule has 0 saturated heterocycles. The third kappa shape index (κ3) is 3.22. The Morgan fingerprint density at radius 1 is 1.55 bits per heavy atom. The van der Waals surface area contributed by atoms with Gasteiger partial charge in [0.25, 0.3) is 5.91 Å². The number of rotatable bonds is 7. The number of primary amides is 1. The van der Waals surface area contributed by atoms with Gasteiger partial charge in [0.2, 0.25) is 0 Å². The fourth-order valence-electron chi connectivity index (χ4n) is 2.26. The summed E-state index contributed by atoms with van der Waals surface area (Å²) in [6, 6.07) is 5.91. The van der Waals surface area contributed by atoms with Gasteiger partial charge in [0.15, 0.2) is 6.10 Å². The Labute approximate surface area is 119 Å². The lowest BCUT2D eigenvalue weighted by Gasteiger charge is -2.15. The standard InChI is InChI=1S/C15H22N2O3/c1-3-7-17-12-9-19-14-8-10(5-6-11(12)14)20-13(4-2)15(16)18/h5-6,8,12-13,17H,3-4,7,9H2,1-2H3,(H2,16,18). The molecule has 0 aromatic heterocycles. The molecule has 0 saturated carbocycles. The highest BCUT2D eigenvalue weighted by Gasteiger charge is 2.24. The third-order valence-corrected chi connectivity index (χ3v) is 3.37. The number of nitrogens with two attached hydrogens (primary N) is 1. The van der Waals surface area contributed by atoms with Crippen LogP contribution in [0.25, 0.3) is 0 Å². The Hall–Kier alpha value is -1.75. The first kappa shape index (κ1) is 14.7. The molecule has 0 fully saturated rings. The molecule has 2 unspecified atom stereocenters. The van der Waals surface area contributed by atoms with Crippen LogP contribution in [-0.4, -0.2) is 25.2 Å². The van der Waals surface area contributed by atoms with E-state index in [0.717, 1.165) is 24.3 Å². The van der Waals surface area contributed by atoms with Crippen molar-refractivity contribution in [2.24, 2.45) is 5.73 Å². The van der Waals surface area contributed by atoms with Crippen molar-refractivity contribution in [2.45, 2.75) is 38.8 Å². The molecule has 110 valence electrons. The van der Waals surface area contributed by atoms with E-state index in [0.29, 0.717) is 18.8 Å². The number of ether oxygens (including phenoxy) is 2. The molecule has 1 aliphatic rings. The lowest BCUT2D eigenvalue weighted by Crippen LogP contribution is -2.32. The van der Waals surface area contributed by atoms with E-state index < -0.39 is 12.0 Å². The van der Waals surface area contributed by atoms with Crippen LogP contribution >= 0.6 is 0 Å². The summed E-state index contributed by atoms with van der Waals surface area (Å²) in [7, 11) is 0. The fraction of sp³-hybridized carbons (Fsp3) is 0.533. The van der Waals surface area contributed by atoms with Crippen LogP contribution in [0.1, 0.15) is 38.3 Å². The molecule has 1 aromatic carbocycles. The summed E-state index contributed by atoms with van der Waals surface area (Å²) in [6.45, 7) is 5.59. The molecule has 2 rings (SSSR count). The number of carbonyl (C=O) groups excluding carboxylic acids is 1. The SMILES string of the molecule is CCCNC1COc2cc(OC(CC)C(N)=O)ccc21. The van der Waals surface area contributed by atoms with Crippen molar-refractivity contribution >= 4 is 5.91 Å². The van der Waals surface area contributed by atoms with Crippen LogP contribution in [0.4, 0.5) is 0 Å². The first-order valence-corrected chi connectivity index (χ1v) is 7.11. The van der Waals surface area contributed by atoms with Crippen LogP contribution in [0.2, 0.25) is 0 Å². The number of hydrogen-bond donors (Lipinski definition) is 2. The number of nitrogens with one attached hydrogen (secondary N) is 1. The van der Waals surface area contributed by atoms with E-state index in [1.54, 1.807) is 0 Å². The second-order valence-electron chi connectivity index (χ2n) is 4.93. The molecular formula is C15H22N2O3. The molecule has 0 aliphatic carbocycles. The first-order valence-electron chi connectivity index (χ1n) is 7.11.